The standard InChI is InChI=1S/C25H38N4O2/c1-26-24(29-16-11-21(18-29)28-14-7-8-15-28)27-19-25(12-5-4-6-13-25)20-9-10-22(30-2)23(17-20)31-3/h7-10,17,21H,4-6,11-16,18-19H2,1-3H3,(H,26,27). The maximum atomic E-state index is 5.61. The Labute approximate surface area is 187 Å². The minimum Gasteiger partial charge on any atom is -0.493 e. The molecule has 3 aliphatic rings. The molecule has 6 nitrogen and oxygen atoms in total. The average molecular weight is 427 g/mol. The number of ether oxygens (including phenoxy) is 2. The number of likely N-dealkylation sites (tertiary alicyclic amines) is 1. The zero-order chi connectivity index (χ0) is 21.7. The number of nitrogens with zero attached hydrogens (tertiary/aromatic N) is 3. The molecule has 1 saturated heterocycles. The van der Waals surface area contributed by atoms with Crippen LogP contribution in [0.15, 0.2) is 35.3 Å². The van der Waals surface area contributed by atoms with E-state index in [9.17, 15) is 0 Å². The van der Waals surface area contributed by atoms with Crippen LogP contribution in [0.1, 0.15) is 44.1 Å². The van der Waals surface area contributed by atoms with E-state index in [0.717, 1.165) is 50.2 Å². The van der Waals surface area contributed by atoms with Crippen molar-refractivity contribution < 1.29 is 9.47 Å². The lowest BCUT2D eigenvalue weighted by atomic mass is 9.69. The van der Waals surface area contributed by atoms with Crippen LogP contribution in [0.2, 0.25) is 0 Å². The van der Waals surface area contributed by atoms with Gasteiger partial charge in [0.25, 0.3) is 0 Å². The summed E-state index contributed by atoms with van der Waals surface area (Å²) >= 11 is 0. The van der Waals surface area contributed by atoms with Crippen LogP contribution in [0.3, 0.4) is 0 Å². The highest BCUT2D eigenvalue weighted by Gasteiger charge is 2.36. The number of hydrogen-bond acceptors (Lipinski definition) is 4. The van der Waals surface area contributed by atoms with E-state index in [2.05, 4.69) is 50.5 Å². The van der Waals surface area contributed by atoms with E-state index in [0.29, 0.717) is 6.04 Å². The highest BCUT2D eigenvalue weighted by atomic mass is 16.5. The summed E-state index contributed by atoms with van der Waals surface area (Å²) in [6.07, 6.45) is 12.0. The zero-order valence-corrected chi connectivity index (χ0v) is 19.4. The van der Waals surface area contributed by atoms with Crippen LogP contribution in [0, 0.1) is 0 Å². The number of hydrogen-bond donors (Lipinski definition) is 1. The van der Waals surface area contributed by atoms with Crippen molar-refractivity contribution in [2.24, 2.45) is 4.99 Å². The van der Waals surface area contributed by atoms with Gasteiger partial charge in [-0.2, -0.15) is 0 Å². The Balaban J connectivity index is 1.46. The van der Waals surface area contributed by atoms with Gasteiger partial charge in [-0.15, -0.1) is 0 Å². The Bertz CT molecular complexity index is 793. The molecule has 1 aliphatic carbocycles. The summed E-state index contributed by atoms with van der Waals surface area (Å²) in [7, 11) is 5.33. The van der Waals surface area contributed by atoms with E-state index in [-0.39, 0.29) is 5.41 Å². The van der Waals surface area contributed by atoms with Crippen molar-refractivity contribution in [3.05, 3.63) is 35.9 Å². The third-order valence-corrected chi connectivity index (χ3v) is 7.43. The highest BCUT2D eigenvalue weighted by Crippen LogP contribution is 2.42. The fourth-order valence-corrected chi connectivity index (χ4v) is 5.57. The molecule has 1 atom stereocenters. The SMILES string of the molecule is CN=C(NCC1(c2ccc(OC)c(OC)c2)CCCCC1)N1CCC(N2CC=CC2)C1. The predicted octanol–water partition coefficient (Wildman–Crippen LogP) is 3.43. The van der Waals surface area contributed by atoms with E-state index >= 15 is 0 Å². The first-order valence-electron chi connectivity index (χ1n) is 11.8. The van der Waals surface area contributed by atoms with Crippen molar-refractivity contribution in [1.82, 2.24) is 15.1 Å². The summed E-state index contributed by atoms with van der Waals surface area (Å²) < 4.78 is 11.1. The van der Waals surface area contributed by atoms with Crippen LogP contribution in [-0.2, 0) is 5.41 Å². The maximum absolute atomic E-state index is 5.61. The fourth-order valence-electron chi connectivity index (χ4n) is 5.57. The van der Waals surface area contributed by atoms with Gasteiger partial charge in [0.1, 0.15) is 0 Å². The molecule has 2 heterocycles. The molecule has 2 aliphatic heterocycles. The minimum absolute atomic E-state index is 0.103. The van der Waals surface area contributed by atoms with E-state index in [1.807, 2.05) is 7.05 Å². The van der Waals surface area contributed by atoms with Crippen LogP contribution in [0.5, 0.6) is 11.5 Å². The molecule has 0 aromatic heterocycles. The molecule has 1 N–H and O–H groups in total. The lowest BCUT2D eigenvalue weighted by Gasteiger charge is -2.39. The third-order valence-electron chi connectivity index (χ3n) is 7.43. The summed E-state index contributed by atoms with van der Waals surface area (Å²) in [6.45, 7) is 5.22. The second-order valence-corrected chi connectivity index (χ2v) is 9.13. The van der Waals surface area contributed by atoms with Gasteiger partial charge in [0.2, 0.25) is 0 Å². The molecular formula is C25H38N4O2. The van der Waals surface area contributed by atoms with Gasteiger partial charge in [0.15, 0.2) is 17.5 Å². The maximum Gasteiger partial charge on any atom is 0.193 e. The number of guanidine groups is 1. The summed E-state index contributed by atoms with van der Waals surface area (Å²) in [6, 6.07) is 7.08. The van der Waals surface area contributed by atoms with E-state index in [1.165, 1.54) is 44.1 Å². The van der Waals surface area contributed by atoms with Gasteiger partial charge in [-0.05, 0) is 37.0 Å². The summed E-state index contributed by atoms with van der Waals surface area (Å²) in [5.74, 6) is 2.65. The number of nitrogens with one attached hydrogen (secondary N) is 1. The fraction of sp³-hybridized carbons (Fsp3) is 0.640. The molecule has 1 unspecified atom stereocenters. The van der Waals surface area contributed by atoms with Crippen molar-refractivity contribution in [3.63, 3.8) is 0 Å². The second kappa shape index (κ2) is 9.94. The zero-order valence-electron chi connectivity index (χ0n) is 19.4. The van der Waals surface area contributed by atoms with Gasteiger partial charge < -0.3 is 19.7 Å². The van der Waals surface area contributed by atoms with Crippen molar-refractivity contribution in [2.75, 3.05) is 54.0 Å². The molecule has 1 aromatic rings. The Hall–Kier alpha value is -2.21. The lowest BCUT2D eigenvalue weighted by Crippen LogP contribution is -2.48. The second-order valence-electron chi connectivity index (χ2n) is 9.13. The molecule has 0 amide bonds. The normalized spacial score (nSPS) is 23.9. The molecule has 2 fully saturated rings. The highest BCUT2D eigenvalue weighted by molar-refractivity contribution is 5.80. The van der Waals surface area contributed by atoms with Crippen LogP contribution in [0.4, 0.5) is 0 Å². The molecule has 6 heteroatoms. The average Bonchev–Trinajstić information content (AvgIpc) is 3.52. The Kier molecular flexibility index (Phi) is 7.06. The minimum atomic E-state index is 0.103. The summed E-state index contributed by atoms with van der Waals surface area (Å²) in [4.78, 5) is 9.66. The Morgan fingerprint density at radius 3 is 2.52 bits per heavy atom. The topological polar surface area (TPSA) is 49.3 Å². The predicted molar refractivity (Wildman–Crippen MR) is 126 cm³/mol. The monoisotopic (exact) mass is 426 g/mol. The molecule has 170 valence electrons. The van der Waals surface area contributed by atoms with Gasteiger partial charge in [-0.25, -0.2) is 0 Å². The number of benzene rings is 1. The Morgan fingerprint density at radius 1 is 1.10 bits per heavy atom. The quantitative estimate of drug-likeness (QED) is 0.429. The van der Waals surface area contributed by atoms with Crippen LogP contribution < -0.4 is 14.8 Å². The molecule has 4 rings (SSSR count). The van der Waals surface area contributed by atoms with Gasteiger partial charge >= 0.3 is 0 Å². The molecular weight excluding hydrogens is 388 g/mol. The van der Waals surface area contributed by atoms with Crippen molar-refractivity contribution in [1.29, 1.82) is 0 Å². The number of methoxy groups -OCH3 is 2. The van der Waals surface area contributed by atoms with Gasteiger partial charge in [0, 0.05) is 51.2 Å². The summed E-state index contributed by atoms with van der Waals surface area (Å²) in [5.41, 5.74) is 1.45. The van der Waals surface area contributed by atoms with Crippen molar-refractivity contribution >= 4 is 5.96 Å². The largest absolute Gasteiger partial charge is 0.493 e. The third kappa shape index (κ3) is 4.69. The van der Waals surface area contributed by atoms with Crippen molar-refractivity contribution in [2.45, 2.75) is 50.0 Å². The van der Waals surface area contributed by atoms with Gasteiger partial charge in [0.05, 0.1) is 14.2 Å². The molecule has 0 bridgehead atoms. The van der Waals surface area contributed by atoms with Gasteiger partial charge in [-0.1, -0.05) is 37.5 Å². The van der Waals surface area contributed by atoms with Gasteiger partial charge in [-0.3, -0.25) is 9.89 Å². The number of rotatable bonds is 6. The lowest BCUT2D eigenvalue weighted by molar-refractivity contribution is 0.257. The number of aliphatic imine (C=N–C) groups is 1. The first kappa shape index (κ1) is 22.0. The molecule has 1 saturated carbocycles. The smallest absolute Gasteiger partial charge is 0.193 e. The molecule has 1 aromatic carbocycles. The van der Waals surface area contributed by atoms with Crippen LogP contribution in [-0.4, -0.2) is 75.8 Å². The van der Waals surface area contributed by atoms with E-state index in [1.54, 1.807) is 14.2 Å². The summed E-state index contributed by atoms with van der Waals surface area (Å²) in [5, 5.41) is 3.77. The van der Waals surface area contributed by atoms with Crippen molar-refractivity contribution in [3.8, 4) is 11.5 Å². The molecule has 0 spiro atoms. The van der Waals surface area contributed by atoms with Crippen LogP contribution in [0.25, 0.3) is 0 Å². The molecule has 31 heavy (non-hydrogen) atoms. The first-order valence-corrected chi connectivity index (χ1v) is 11.8. The Morgan fingerprint density at radius 2 is 1.84 bits per heavy atom. The van der Waals surface area contributed by atoms with E-state index in [4.69, 9.17) is 9.47 Å². The molecule has 0 radical (unpaired) electrons. The van der Waals surface area contributed by atoms with Crippen LogP contribution >= 0.6 is 0 Å². The first-order chi connectivity index (χ1) is 15.2. The van der Waals surface area contributed by atoms with E-state index < -0.39 is 0 Å².